The first-order valence-electron chi connectivity index (χ1n) is 9.52. The van der Waals surface area contributed by atoms with Crippen LogP contribution in [-0.2, 0) is 25.6 Å². The molecule has 3 aliphatic heterocycles. The van der Waals surface area contributed by atoms with Gasteiger partial charge in [-0.3, -0.25) is 14.5 Å². The van der Waals surface area contributed by atoms with Crippen molar-refractivity contribution in [2.45, 2.75) is 57.4 Å². The molecular weight excluding hydrogens is 350 g/mol. The molecule has 3 heterocycles. The van der Waals surface area contributed by atoms with E-state index in [1.165, 1.54) is 19.4 Å². The number of ether oxygens (including phenoxy) is 4. The number of rotatable bonds is 2. The quantitative estimate of drug-likeness (QED) is 0.734. The monoisotopic (exact) mass is 373 g/mol. The van der Waals surface area contributed by atoms with Crippen LogP contribution in [0.5, 0.6) is 11.5 Å². The maximum atomic E-state index is 11.9. The number of hydrogen-bond acceptors (Lipinski definition) is 7. The third-order valence-electron chi connectivity index (χ3n) is 6.30. The number of carbonyl (C=O) groups excluding carboxylic acids is 2. The molecule has 3 unspecified atom stereocenters. The van der Waals surface area contributed by atoms with Crippen LogP contribution in [0.1, 0.15) is 43.7 Å². The molecule has 144 valence electrons. The van der Waals surface area contributed by atoms with Gasteiger partial charge in [0.15, 0.2) is 11.5 Å². The van der Waals surface area contributed by atoms with Gasteiger partial charge in [0.25, 0.3) is 0 Å². The highest BCUT2D eigenvalue weighted by Gasteiger charge is 2.55. The topological polar surface area (TPSA) is 74.3 Å². The molecule has 1 saturated carbocycles. The number of esters is 2. The molecule has 0 spiro atoms. The molecule has 1 aromatic rings. The third kappa shape index (κ3) is 2.67. The smallest absolute Gasteiger partial charge is 0.303 e. The number of benzene rings is 1. The molecule has 0 bridgehead atoms. The van der Waals surface area contributed by atoms with Crippen molar-refractivity contribution in [1.29, 1.82) is 0 Å². The van der Waals surface area contributed by atoms with Crippen molar-refractivity contribution in [1.82, 2.24) is 4.90 Å². The minimum absolute atomic E-state index is 0.0438. The van der Waals surface area contributed by atoms with Gasteiger partial charge in [-0.1, -0.05) is 0 Å². The summed E-state index contributed by atoms with van der Waals surface area (Å²) >= 11 is 0. The first-order valence-corrected chi connectivity index (χ1v) is 9.52. The predicted molar refractivity (Wildman–Crippen MR) is 93.3 cm³/mol. The van der Waals surface area contributed by atoms with E-state index in [0.29, 0.717) is 5.92 Å². The average molecular weight is 373 g/mol. The zero-order valence-corrected chi connectivity index (χ0v) is 15.5. The molecule has 7 heteroatoms. The van der Waals surface area contributed by atoms with Crippen LogP contribution in [0.3, 0.4) is 0 Å². The van der Waals surface area contributed by atoms with E-state index in [1.54, 1.807) is 0 Å². The maximum absolute atomic E-state index is 11.9. The Balaban J connectivity index is 1.61. The lowest BCUT2D eigenvalue weighted by Crippen LogP contribution is -2.55. The Morgan fingerprint density at radius 2 is 1.85 bits per heavy atom. The van der Waals surface area contributed by atoms with Crippen molar-refractivity contribution in [3.63, 3.8) is 0 Å². The van der Waals surface area contributed by atoms with Gasteiger partial charge in [-0.05, 0) is 48.6 Å². The van der Waals surface area contributed by atoms with Crippen LogP contribution in [0.2, 0.25) is 0 Å². The highest BCUT2D eigenvalue weighted by molar-refractivity contribution is 5.68. The van der Waals surface area contributed by atoms with E-state index in [1.807, 2.05) is 12.1 Å². The molecule has 2 fully saturated rings. The minimum Gasteiger partial charge on any atom is -0.459 e. The Bertz CT molecular complexity index is 808. The molecule has 1 saturated heterocycles. The SMILES string of the molecule is CC(=O)O[C@@H]1CC2CCN3Cc4cc5c(cc4C(C23)[C@@H]1OC(C)=O)OCO5. The standard InChI is InChI=1S/C20H23NO6/c1-10(22)26-17-5-12-3-4-21-8-13-6-15-16(25-9-24-15)7-14(13)18(19(12)21)20(17)27-11(2)23/h6-7,12,17-20H,3-5,8-9H2,1-2H3/t12?,17-,18?,19?,20-/m1/s1. The number of carbonyl (C=O) groups is 2. The van der Waals surface area contributed by atoms with Crippen molar-refractivity contribution < 1.29 is 28.5 Å². The largest absolute Gasteiger partial charge is 0.459 e. The van der Waals surface area contributed by atoms with Crippen molar-refractivity contribution in [3.05, 3.63) is 23.3 Å². The summed E-state index contributed by atoms with van der Waals surface area (Å²) in [5, 5.41) is 0. The molecule has 1 aromatic carbocycles. The van der Waals surface area contributed by atoms with E-state index in [-0.39, 0.29) is 30.7 Å². The molecule has 0 aromatic heterocycles. The summed E-state index contributed by atoms with van der Waals surface area (Å²) in [5.41, 5.74) is 2.29. The fraction of sp³-hybridized carbons (Fsp3) is 0.600. The van der Waals surface area contributed by atoms with Gasteiger partial charge in [-0.15, -0.1) is 0 Å². The van der Waals surface area contributed by atoms with Gasteiger partial charge in [-0.25, -0.2) is 0 Å². The lowest BCUT2D eigenvalue weighted by Gasteiger charge is -2.49. The Morgan fingerprint density at radius 3 is 2.59 bits per heavy atom. The summed E-state index contributed by atoms with van der Waals surface area (Å²) in [4.78, 5) is 26.0. The molecule has 7 nitrogen and oxygen atoms in total. The molecule has 4 aliphatic rings. The summed E-state index contributed by atoms with van der Waals surface area (Å²) in [7, 11) is 0. The molecule has 5 atom stereocenters. The van der Waals surface area contributed by atoms with Crippen LogP contribution in [0.25, 0.3) is 0 Å². The van der Waals surface area contributed by atoms with E-state index in [2.05, 4.69) is 4.90 Å². The van der Waals surface area contributed by atoms with Crippen molar-refractivity contribution >= 4 is 11.9 Å². The van der Waals surface area contributed by atoms with Gasteiger partial charge < -0.3 is 18.9 Å². The molecular formula is C20H23NO6. The van der Waals surface area contributed by atoms with Gasteiger partial charge >= 0.3 is 11.9 Å². The van der Waals surface area contributed by atoms with E-state index in [4.69, 9.17) is 18.9 Å². The average Bonchev–Trinajstić information content (AvgIpc) is 3.21. The Morgan fingerprint density at radius 1 is 1.11 bits per heavy atom. The number of hydrogen-bond donors (Lipinski definition) is 0. The second kappa shape index (κ2) is 6.12. The normalized spacial score (nSPS) is 33.2. The van der Waals surface area contributed by atoms with Gasteiger partial charge in [-0.2, -0.15) is 0 Å². The highest BCUT2D eigenvalue weighted by Crippen LogP contribution is 2.52. The van der Waals surface area contributed by atoms with Crippen LogP contribution >= 0.6 is 0 Å². The molecule has 1 aliphatic carbocycles. The van der Waals surface area contributed by atoms with Crippen LogP contribution in [0.15, 0.2) is 12.1 Å². The fourth-order valence-electron chi connectivity index (χ4n) is 5.47. The lowest BCUT2D eigenvalue weighted by molar-refractivity contribution is -0.176. The minimum atomic E-state index is -0.493. The zero-order valence-electron chi connectivity index (χ0n) is 15.5. The van der Waals surface area contributed by atoms with Gasteiger partial charge in [0, 0.05) is 32.4 Å². The van der Waals surface area contributed by atoms with Crippen molar-refractivity contribution in [2.75, 3.05) is 13.3 Å². The van der Waals surface area contributed by atoms with Crippen LogP contribution in [-0.4, -0.2) is 48.4 Å². The fourth-order valence-corrected chi connectivity index (χ4v) is 5.47. The van der Waals surface area contributed by atoms with Crippen molar-refractivity contribution in [2.24, 2.45) is 5.92 Å². The van der Waals surface area contributed by atoms with Crippen LogP contribution < -0.4 is 9.47 Å². The third-order valence-corrected chi connectivity index (χ3v) is 6.30. The van der Waals surface area contributed by atoms with Gasteiger partial charge in [0.1, 0.15) is 12.2 Å². The molecule has 27 heavy (non-hydrogen) atoms. The van der Waals surface area contributed by atoms with E-state index in [0.717, 1.165) is 43.0 Å². The Kier molecular flexibility index (Phi) is 3.82. The van der Waals surface area contributed by atoms with E-state index < -0.39 is 12.2 Å². The van der Waals surface area contributed by atoms with Gasteiger partial charge in [0.05, 0.1) is 0 Å². The summed E-state index contributed by atoms with van der Waals surface area (Å²) in [6.07, 6.45) is 0.878. The second-order valence-corrected chi connectivity index (χ2v) is 7.90. The number of nitrogens with zero attached hydrogens (tertiary/aromatic N) is 1. The van der Waals surface area contributed by atoms with E-state index >= 15 is 0 Å². The Labute approximate surface area is 157 Å². The first kappa shape index (κ1) is 16.9. The first-order chi connectivity index (χ1) is 13.0. The number of fused-ring (bicyclic) bond motifs is 3. The maximum Gasteiger partial charge on any atom is 0.303 e. The van der Waals surface area contributed by atoms with E-state index in [9.17, 15) is 9.59 Å². The van der Waals surface area contributed by atoms with Crippen molar-refractivity contribution in [3.8, 4) is 11.5 Å². The predicted octanol–water partition coefficient (Wildman–Crippen LogP) is 1.97. The summed E-state index contributed by atoms with van der Waals surface area (Å²) < 4.78 is 22.5. The summed E-state index contributed by atoms with van der Waals surface area (Å²) in [6, 6.07) is 4.36. The van der Waals surface area contributed by atoms with Crippen LogP contribution in [0.4, 0.5) is 0 Å². The molecule has 0 radical (unpaired) electrons. The molecule has 5 rings (SSSR count). The molecule has 0 amide bonds. The lowest BCUT2D eigenvalue weighted by atomic mass is 9.68. The Hall–Kier alpha value is -2.28. The zero-order chi connectivity index (χ0) is 18.7. The van der Waals surface area contributed by atoms with Crippen LogP contribution in [0, 0.1) is 5.92 Å². The highest BCUT2D eigenvalue weighted by atomic mass is 16.7. The summed E-state index contributed by atoms with van der Waals surface area (Å²) in [5.74, 6) is 1.18. The molecule has 0 N–H and O–H groups in total. The second-order valence-electron chi connectivity index (χ2n) is 7.90. The van der Waals surface area contributed by atoms with Gasteiger partial charge in [0.2, 0.25) is 6.79 Å². The summed E-state index contributed by atoms with van der Waals surface area (Å²) in [6.45, 7) is 4.90.